The summed E-state index contributed by atoms with van der Waals surface area (Å²) >= 11 is 0. The minimum atomic E-state index is -1.09. The first-order chi connectivity index (χ1) is 14.9. The quantitative estimate of drug-likeness (QED) is 0.604. The molecule has 0 bridgehead atoms. The Kier molecular flexibility index (Phi) is 5.76. The molecule has 158 valence electrons. The Morgan fingerprint density at radius 3 is 2.19 bits per heavy atom. The lowest BCUT2D eigenvalue weighted by atomic mass is 9.98. The third-order valence-electron chi connectivity index (χ3n) is 5.86. The molecule has 1 atom stereocenters. The number of hydrogen-bond acceptors (Lipinski definition) is 3. The van der Waals surface area contributed by atoms with Crippen LogP contribution in [-0.4, -0.2) is 29.8 Å². The van der Waals surface area contributed by atoms with Crippen molar-refractivity contribution in [3.63, 3.8) is 0 Å². The second-order valence-corrected chi connectivity index (χ2v) is 7.99. The van der Waals surface area contributed by atoms with Gasteiger partial charge in [0.2, 0.25) is 0 Å². The van der Waals surface area contributed by atoms with Crippen molar-refractivity contribution in [1.29, 1.82) is 0 Å². The zero-order valence-electron chi connectivity index (χ0n) is 17.6. The number of ether oxygens (including phenoxy) is 1. The van der Waals surface area contributed by atoms with Crippen LogP contribution in [-0.2, 0) is 16.0 Å². The molecule has 0 radical (unpaired) electrons. The molecule has 0 fully saturated rings. The second kappa shape index (κ2) is 8.64. The Balaban J connectivity index is 1.45. The first-order valence-electron chi connectivity index (χ1n) is 10.3. The van der Waals surface area contributed by atoms with E-state index in [4.69, 9.17) is 4.74 Å². The molecule has 3 aromatic carbocycles. The summed E-state index contributed by atoms with van der Waals surface area (Å²) in [7, 11) is 0. The Hall–Kier alpha value is -3.60. The number of carboxylic acid groups (broad SMARTS) is 1. The standard InChI is InChI=1S/C26H25NO4/c1-16-11-12-17(2)18(13-16)14-24(25(28)29)27-26(30)31-15-23-21-9-5-3-7-19(21)20-8-4-6-10-22(20)23/h3-13,23-24H,14-15H2,1-2H3,(H,27,30)(H,28,29)/t24-/m1/s1. The lowest BCUT2D eigenvalue weighted by molar-refractivity contribution is -0.139. The molecular weight excluding hydrogens is 390 g/mol. The molecule has 5 nitrogen and oxygen atoms in total. The van der Waals surface area contributed by atoms with Crippen LogP contribution in [0.15, 0.2) is 66.7 Å². The molecule has 0 aliphatic heterocycles. The molecular formula is C26H25NO4. The molecule has 2 N–H and O–H groups in total. The fourth-order valence-electron chi connectivity index (χ4n) is 4.22. The van der Waals surface area contributed by atoms with Crippen molar-refractivity contribution in [3.8, 4) is 11.1 Å². The van der Waals surface area contributed by atoms with E-state index in [-0.39, 0.29) is 18.9 Å². The van der Waals surface area contributed by atoms with Gasteiger partial charge in [0.1, 0.15) is 12.6 Å². The Morgan fingerprint density at radius 2 is 1.58 bits per heavy atom. The predicted molar refractivity (Wildman–Crippen MR) is 119 cm³/mol. The van der Waals surface area contributed by atoms with E-state index in [0.717, 1.165) is 38.9 Å². The summed E-state index contributed by atoms with van der Waals surface area (Å²) in [5.41, 5.74) is 7.45. The molecule has 4 rings (SSSR count). The molecule has 0 unspecified atom stereocenters. The van der Waals surface area contributed by atoms with E-state index in [1.807, 2.05) is 68.4 Å². The first-order valence-corrected chi connectivity index (χ1v) is 10.3. The van der Waals surface area contributed by atoms with E-state index in [9.17, 15) is 14.7 Å². The second-order valence-electron chi connectivity index (χ2n) is 7.99. The summed E-state index contributed by atoms with van der Waals surface area (Å²) in [6.45, 7) is 4.04. The maximum absolute atomic E-state index is 12.5. The molecule has 0 aromatic heterocycles. The molecule has 5 heteroatoms. The average Bonchev–Trinajstić information content (AvgIpc) is 3.08. The van der Waals surface area contributed by atoms with Crippen molar-refractivity contribution in [2.75, 3.05) is 6.61 Å². The van der Waals surface area contributed by atoms with Gasteiger partial charge in [0.15, 0.2) is 0 Å². The lowest BCUT2D eigenvalue weighted by Crippen LogP contribution is -2.43. The molecule has 0 spiro atoms. The van der Waals surface area contributed by atoms with E-state index in [2.05, 4.69) is 17.4 Å². The number of benzene rings is 3. The maximum Gasteiger partial charge on any atom is 0.407 e. The molecule has 31 heavy (non-hydrogen) atoms. The van der Waals surface area contributed by atoms with E-state index >= 15 is 0 Å². The molecule has 0 saturated heterocycles. The third kappa shape index (κ3) is 4.31. The first kappa shape index (κ1) is 20.7. The van der Waals surface area contributed by atoms with Crippen molar-refractivity contribution >= 4 is 12.1 Å². The number of rotatable bonds is 6. The summed E-state index contributed by atoms with van der Waals surface area (Å²) in [6.07, 6.45) is -0.521. The molecule has 1 aliphatic carbocycles. The highest BCUT2D eigenvalue weighted by atomic mass is 16.5. The number of hydrogen-bond donors (Lipinski definition) is 2. The largest absolute Gasteiger partial charge is 0.480 e. The van der Waals surface area contributed by atoms with Gasteiger partial charge in [0.25, 0.3) is 0 Å². The van der Waals surface area contributed by atoms with Gasteiger partial charge in [-0.05, 0) is 47.2 Å². The summed E-state index contributed by atoms with van der Waals surface area (Å²) in [6, 6.07) is 21.0. The molecule has 3 aromatic rings. The summed E-state index contributed by atoms with van der Waals surface area (Å²) in [5, 5.41) is 12.1. The van der Waals surface area contributed by atoms with Gasteiger partial charge >= 0.3 is 12.1 Å². The van der Waals surface area contributed by atoms with Gasteiger partial charge in [0, 0.05) is 12.3 Å². The van der Waals surface area contributed by atoms with Crippen molar-refractivity contribution in [3.05, 3.63) is 94.5 Å². The maximum atomic E-state index is 12.5. The monoisotopic (exact) mass is 415 g/mol. The van der Waals surface area contributed by atoms with Gasteiger partial charge in [0.05, 0.1) is 0 Å². The minimum absolute atomic E-state index is 0.0690. The number of fused-ring (bicyclic) bond motifs is 3. The van der Waals surface area contributed by atoms with Gasteiger partial charge < -0.3 is 15.2 Å². The fraction of sp³-hybridized carbons (Fsp3) is 0.231. The van der Waals surface area contributed by atoms with Crippen LogP contribution in [0.25, 0.3) is 11.1 Å². The van der Waals surface area contributed by atoms with Crippen LogP contribution < -0.4 is 5.32 Å². The number of carbonyl (C=O) groups is 2. The van der Waals surface area contributed by atoms with Crippen LogP contribution in [0.4, 0.5) is 4.79 Å². The van der Waals surface area contributed by atoms with Crippen LogP contribution in [0.2, 0.25) is 0 Å². The predicted octanol–water partition coefficient (Wildman–Crippen LogP) is 4.84. The van der Waals surface area contributed by atoms with Crippen molar-refractivity contribution in [2.45, 2.75) is 32.2 Å². The lowest BCUT2D eigenvalue weighted by Gasteiger charge is -2.18. The summed E-state index contributed by atoms with van der Waals surface area (Å²) in [4.78, 5) is 24.2. The van der Waals surface area contributed by atoms with Gasteiger partial charge in [-0.2, -0.15) is 0 Å². The van der Waals surface area contributed by atoms with Crippen LogP contribution in [0, 0.1) is 13.8 Å². The van der Waals surface area contributed by atoms with E-state index < -0.39 is 18.1 Å². The van der Waals surface area contributed by atoms with Crippen LogP contribution >= 0.6 is 0 Å². The summed E-state index contributed by atoms with van der Waals surface area (Å²) in [5.74, 6) is -1.16. The van der Waals surface area contributed by atoms with Crippen molar-refractivity contribution < 1.29 is 19.4 Å². The zero-order valence-corrected chi connectivity index (χ0v) is 17.6. The molecule has 1 aliphatic rings. The fourth-order valence-corrected chi connectivity index (χ4v) is 4.22. The number of aliphatic carboxylic acids is 1. The molecule has 0 saturated carbocycles. The van der Waals surface area contributed by atoms with Gasteiger partial charge in [-0.15, -0.1) is 0 Å². The number of aryl methyl sites for hydroxylation is 2. The number of carboxylic acids is 1. The smallest absolute Gasteiger partial charge is 0.407 e. The Morgan fingerprint density at radius 1 is 0.968 bits per heavy atom. The van der Waals surface area contributed by atoms with Crippen molar-refractivity contribution in [1.82, 2.24) is 5.32 Å². The van der Waals surface area contributed by atoms with E-state index in [0.29, 0.717) is 0 Å². The average molecular weight is 415 g/mol. The highest BCUT2D eigenvalue weighted by molar-refractivity contribution is 5.81. The van der Waals surface area contributed by atoms with E-state index in [1.54, 1.807) is 0 Å². The number of nitrogens with one attached hydrogen (secondary N) is 1. The van der Waals surface area contributed by atoms with Crippen LogP contribution in [0.1, 0.15) is 33.7 Å². The third-order valence-corrected chi connectivity index (χ3v) is 5.86. The number of alkyl carbamates (subject to hydrolysis) is 1. The van der Waals surface area contributed by atoms with E-state index in [1.165, 1.54) is 0 Å². The summed E-state index contributed by atoms with van der Waals surface area (Å²) < 4.78 is 5.50. The number of amides is 1. The highest BCUT2D eigenvalue weighted by Crippen LogP contribution is 2.44. The number of carbonyl (C=O) groups excluding carboxylic acids is 1. The Labute approximate surface area is 181 Å². The van der Waals surface area contributed by atoms with Gasteiger partial charge in [-0.25, -0.2) is 9.59 Å². The SMILES string of the molecule is Cc1ccc(C)c(C[C@@H](NC(=O)OCC2c3ccccc3-c3ccccc32)C(=O)O)c1. The molecule has 1 amide bonds. The topological polar surface area (TPSA) is 75.6 Å². The van der Waals surface area contributed by atoms with Gasteiger partial charge in [-0.3, -0.25) is 0 Å². The normalized spacial score (nSPS) is 13.2. The van der Waals surface area contributed by atoms with Crippen LogP contribution in [0.3, 0.4) is 0 Å². The Bertz CT molecular complexity index is 1090. The van der Waals surface area contributed by atoms with Gasteiger partial charge in [-0.1, -0.05) is 72.3 Å². The van der Waals surface area contributed by atoms with Crippen molar-refractivity contribution in [2.24, 2.45) is 0 Å². The zero-order chi connectivity index (χ0) is 22.0. The minimum Gasteiger partial charge on any atom is -0.480 e. The van der Waals surface area contributed by atoms with Crippen LogP contribution in [0.5, 0.6) is 0 Å². The highest BCUT2D eigenvalue weighted by Gasteiger charge is 2.29. The molecule has 0 heterocycles.